The number of carbonyl (C=O) groups is 3. The van der Waals surface area contributed by atoms with Crippen LogP contribution in [0, 0.1) is 5.41 Å². The number of hydrogen-bond acceptors (Lipinski definition) is 7. The minimum Gasteiger partial charge on any atom is -0.462 e. The number of carbonyl (C=O) groups excluding carboxylic acids is 3. The second kappa shape index (κ2) is 11.4. The van der Waals surface area contributed by atoms with Gasteiger partial charge in [0.2, 0.25) is 11.8 Å². The van der Waals surface area contributed by atoms with Crippen molar-refractivity contribution >= 4 is 35.1 Å². The molecule has 0 bridgehead atoms. The van der Waals surface area contributed by atoms with Gasteiger partial charge in [0.15, 0.2) is 0 Å². The summed E-state index contributed by atoms with van der Waals surface area (Å²) in [5.41, 5.74) is -0.235. The van der Waals surface area contributed by atoms with E-state index in [0.717, 1.165) is 56.3 Å². The number of ether oxygens (including phenoxy) is 2. The minimum absolute atomic E-state index is 0.0503. The van der Waals surface area contributed by atoms with E-state index in [4.69, 9.17) is 21.1 Å². The van der Waals surface area contributed by atoms with Crippen LogP contribution in [0.1, 0.15) is 45.4 Å². The molecule has 1 spiro atoms. The van der Waals surface area contributed by atoms with Gasteiger partial charge < -0.3 is 24.6 Å². The molecule has 1 aromatic carbocycles. The monoisotopic (exact) mass is 546 g/mol. The summed E-state index contributed by atoms with van der Waals surface area (Å²) >= 11 is 6.15. The Hall–Kier alpha value is -2.36. The van der Waals surface area contributed by atoms with E-state index in [9.17, 15) is 14.4 Å². The summed E-state index contributed by atoms with van der Waals surface area (Å²) in [4.78, 5) is 45.0. The van der Waals surface area contributed by atoms with Gasteiger partial charge in [-0.1, -0.05) is 17.7 Å². The molecular weight excluding hydrogens is 508 g/mol. The van der Waals surface area contributed by atoms with Gasteiger partial charge in [-0.2, -0.15) is 0 Å². The van der Waals surface area contributed by atoms with Crippen molar-refractivity contribution in [3.63, 3.8) is 0 Å². The number of piperidine rings is 1. The van der Waals surface area contributed by atoms with Gasteiger partial charge in [0, 0.05) is 95.9 Å². The lowest BCUT2D eigenvalue weighted by Crippen LogP contribution is -2.63. The lowest BCUT2D eigenvalue weighted by Gasteiger charge is -2.43. The molecule has 9 nitrogen and oxygen atoms in total. The third kappa shape index (κ3) is 5.80. The second-order valence-corrected chi connectivity index (χ2v) is 11.7. The SMILES string of the molecule is CC(=O)NC1(C(=O)N2CCC3(CC2)C[C@H](CCN2CCN(c4cccc(Cl)c4)CC2)OC3=O)CCOCC1. The predicted octanol–water partition coefficient (Wildman–Crippen LogP) is 2.46. The summed E-state index contributed by atoms with van der Waals surface area (Å²) in [5.74, 6) is -0.365. The van der Waals surface area contributed by atoms with E-state index in [1.165, 1.54) is 6.92 Å². The maximum atomic E-state index is 13.5. The molecule has 0 unspecified atom stereocenters. The second-order valence-electron chi connectivity index (χ2n) is 11.3. The number of rotatable bonds is 6. The molecule has 0 saturated carbocycles. The largest absolute Gasteiger partial charge is 0.462 e. The molecule has 4 aliphatic heterocycles. The number of halogens is 1. The average Bonchev–Trinajstić information content (AvgIpc) is 3.22. The highest BCUT2D eigenvalue weighted by Gasteiger charge is 2.52. The van der Waals surface area contributed by atoms with Crippen LogP contribution < -0.4 is 10.2 Å². The molecule has 0 aromatic heterocycles. The number of nitrogens with zero attached hydrogens (tertiary/aromatic N) is 3. The zero-order valence-corrected chi connectivity index (χ0v) is 23.0. The molecule has 4 saturated heterocycles. The van der Waals surface area contributed by atoms with Gasteiger partial charge in [-0.3, -0.25) is 19.3 Å². The molecular formula is C28H39ClN4O5. The van der Waals surface area contributed by atoms with Gasteiger partial charge in [0.05, 0.1) is 5.41 Å². The van der Waals surface area contributed by atoms with E-state index < -0.39 is 11.0 Å². The van der Waals surface area contributed by atoms with Crippen molar-refractivity contribution in [1.29, 1.82) is 0 Å². The normalized spacial score (nSPS) is 25.3. The van der Waals surface area contributed by atoms with Gasteiger partial charge in [-0.15, -0.1) is 0 Å². The van der Waals surface area contributed by atoms with Crippen LogP contribution in [0.2, 0.25) is 5.02 Å². The highest BCUT2D eigenvalue weighted by atomic mass is 35.5. The van der Waals surface area contributed by atoms with E-state index in [0.29, 0.717) is 52.0 Å². The molecule has 0 aliphatic carbocycles. The lowest BCUT2D eigenvalue weighted by molar-refractivity contribution is -0.155. The number of benzene rings is 1. The fraction of sp³-hybridized carbons (Fsp3) is 0.679. The van der Waals surface area contributed by atoms with Crippen molar-refractivity contribution in [3.8, 4) is 0 Å². The first kappa shape index (κ1) is 27.2. The molecule has 4 heterocycles. The Morgan fingerprint density at radius 3 is 2.42 bits per heavy atom. The van der Waals surface area contributed by atoms with Crippen molar-refractivity contribution in [1.82, 2.24) is 15.1 Å². The van der Waals surface area contributed by atoms with Crippen LogP contribution in [0.25, 0.3) is 0 Å². The highest BCUT2D eigenvalue weighted by molar-refractivity contribution is 6.30. The Morgan fingerprint density at radius 2 is 1.76 bits per heavy atom. The highest BCUT2D eigenvalue weighted by Crippen LogP contribution is 2.44. The fourth-order valence-corrected chi connectivity index (χ4v) is 6.71. The number of cyclic esters (lactones) is 1. The third-order valence-electron chi connectivity index (χ3n) is 8.82. The van der Waals surface area contributed by atoms with E-state index in [1.807, 2.05) is 23.1 Å². The van der Waals surface area contributed by atoms with Crippen LogP contribution in [0.3, 0.4) is 0 Å². The average molecular weight is 547 g/mol. The number of hydrogen-bond donors (Lipinski definition) is 1. The van der Waals surface area contributed by atoms with E-state index in [-0.39, 0.29) is 23.9 Å². The maximum absolute atomic E-state index is 13.5. The molecule has 0 radical (unpaired) electrons. The number of amides is 2. The Kier molecular flexibility index (Phi) is 8.16. The molecule has 38 heavy (non-hydrogen) atoms. The van der Waals surface area contributed by atoms with Crippen LogP contribution >= 0.6 is 11.6 Å². The zero-order valence-electron chi connectivity index (χ0n) is 22.3. The Balaban J connectivity index is 1.09. The first-order valence-corrected chi connectivity index (χ1v) is 14.3. The molecule has 1 atom stereocenters. The molecule has 4 fully saturated rings. The minimum atomic E-state index is -0.899. The summed E-state index contributed by atoms with van der Waals surface area (Å²) < 4.78 is 11.3. The Morgan fingerprint density at radius 1 is 1.05 bits per heavy atom. The van der Waals surface area contributed by atoms with Gasteiger partial charge in [-0.25, -0.2) is 0 Å². The summed E-state index contributed by atoms with van der Waals surface area (Å²) in [6, 6.07) is 7.99. The van der Waals surface area contributed by atoms with Gasteiger partial charge >= 0.3 is 5.97 Å². The Bertz CT molecular complexity index is 1030. The number of anilines is 1. The predicted molar refractivity (Wildman–Crippen MR) is 144 cm³/mol. The van der Waals surface area contributed by atoms with E-state index in [1.54, 1.807) is 0 Å². The standard InChI is InChI=1S/C28H39ClN4O5/c1-21(34)30-28(8-17-37-18-9-28)25(35)33-11-6-27(7-12-33)20-24(38-26(27)36)5-10-31-13-15-32(16-14-31)23-4-2-3-22(29)19-23/h2-4,19,24H,5-18,20H2,1H3,(H,30,34)/t24-/m0/s1. The fourth-order valence-electron chi connectivity index (χ4n) is 6.53. The van der Waals surface area contributed by atoms with Crippen molar-refractivity contribution in [3.05, 3.63) is 29.3 Å². The molecule has 208 valence electrons. The quantitative estimate of drug-likeness (QED) is 0.548. The van der Waals surface area contributed by atoms with E-state index >= 15 is 0 Å². The molecule has 2 amide bonds. The lowest BCUT2D eigenvalue weighted by atomic mass is 9.75. The van der Waals surface area contributed by atoms with Gasteiger partial charge in [0.1, 0.15) is 11.6 Å². The molecule has 1 N–H and O–H groups in total. The molecule has 10 heteroatoms. The van der Waals surface area contributed by atoms with Crippen molar-refractivity contribution in [2.45, 2.75) is 57.1 Å². The van der Waals surface area contributed by atoms with Crippen LogP contribution in [0.4, 0.5) is 5.69 Å². The maximum Gasteiger partial charge on any atom is 0.312 e. The van der Waals surface area contributed by atoms with Crippen molar-refractivity contribution < 1.29 is 23.9 Å². The van der Waals surface area contributed by atoms with Crippen molar-refractivity contribution in [2.24, 2.45) is 5.41 Å². The van der Waals surface area contributed by atoms with Gasteiger partial charge in [-0.05, 0) is 37.5 Å². The topological polar surface area (TPSA) is 91.4 Å². The molecule has 5 rings (SSSR count). The number of esters is 1. The van der Waals surface area contributed by atoms with Crippen LogP contribution in [-0.4, -0.2) is 98.3 Å². The first-order chi connectivity index (χ1) is 18.3. The number of nitrogens with one attached hydrogen (secondary N) is 1. The number of likely N-dealkylation sites (tertiary alicyclic amines) is 1. The summed E-state index contributed by atoms with van der Waals surface area (Å²) in [6.45, 7) is 8.11. The first-order valence-electron chi connectivity index (χ1n) is 13.9. The zero-order chi connectivity index (χ0) is 26.8. The van der Waals surface area contributed by atoms with Crippen LogP contribution in [0.15, 0.2) is 24.3 Å². The summed E-state index contributed by atoms with van der Waals surface area (Å²) in [7, 11) is 0. The van der Waals surface area contributed by atoms with E-state index in [2.05, 4.69) is 21.2 Å². The summed E-state index contributed by atoms with van der Waals surface area (Å²) in [5, 5.41) is 3.67. The molecule has 1 aromatic rings. The van der Waals surface area contributed by atoms with Crippen molar-refractivity contribution in [2.75, 3.05) is 63.9 Å². The smallest absolute Gasteiger partial charge is 0.312 e. The molecule has 4 aliphatic rings. The summed E-state index contributed by atoms with van der Waals surface area (Å²) in [6.07, 6.45) is 3.66. The van der Waals surface area contributed by atoms with Crippen LogP contribution in [-0.2, 0) is 23.9 Å². The van der Waals surface area contributed by atoms with Crippen LogP contribution in [0.5, 0.6) is 0 Å². The number of piperazine rings is 1. The Labute approximate surface area is 229 Å². The van der Waals surface area contributed by atoms with Gasteiger partial charge in [0.25, 0.3) is 0 Å². The third-order valence-corrected chi connectivity index (χ3v) is 9.05.